The Morgan fingerprint density at radius 1 is 1.50 bits per heavy atom. The van der Waals surface area contributed by atoms with E-state index in [0.717, 1.165) is 6.07 Å². The fourth-order valence-electron chi connectivity index (χ4n) is 1.35. The van der Waals surface area contributed by atoms with Crippen LogP contribution < -0.4 is 10.5 Å². The summed E-state index contributed by atoms with van der Waals surface area (Å²) in [6.07, 6.45) is -5.05. The average molecular weight is 260 g/mol. The number of nitrogens with zero attached hydrogens (tertiary/aromatic N) is 1. The zero-order valence-corrected chi connectivity index (χ0v) is 8.78. The highest BCUT2D eigenvalue weighted by Crippen LogP contribution is 2.30. The van der Waals surface area contributed by atoms with Crippen LogP contribution in [-0.2, 0) is 6.54 Å². The molecule has 0 bridgehead atoms. The zero-order chi connectivity index (χ0) is 13.9. The molecule has 96 valence electrons. The smallest absolute Gasteiger partial charge is 0.478 e. The molecule has 8 heteroatoms. The minimum Gasteiger partial charge on any atom is -0.478 e. The SMILES string of the molecule is N#Cc1cc(CN)c(C(=O)O)c(OC(F)(F)F)c1. The Hall–Kier alpha value is -2.27. The lowest BCUT2D eigenvalue weighted by Gasteiger charge is -2.14. The van der Waals surface area contributed by atoms with Crippen molar-refractivity contribution in [1.29, 1.82) is 5.26 Å². The molecular formula is C10H7F3N2O3. The van der Waals surface area contributed by atoms with Crippen LogP contribution in [0.1, 0.15) is 21.5 Å². The van der Waals surface area contributed by atoms with Crippen molar-refractivity contribution in [3.8, 4) is 11.8 Å². The molecule has 0 radical (unpaired) electrons. The monoisotopic (exact) mass is 260 g/mol. The summed E-state index contributed by atoms with van der Waals surface area (Å²) in [5.41, 5.74) is 4.26. The first kappa shape index (κ1) is 13.8. The molecule has 0 aliphatic heterocycles. The van der Waals surface area contributed by atoms with E-state index in [-0.39, 0.29) is 17.7 Å². The summed E-state index contributed by atoms with van der Waals surface area (Å²) in [4.78, 5) is 10.9. The Bertz CT molecular complexity index is 520. The van der Waals surface area contributed by atoms with E-state index in [1.165, 1.54) is 0 Å². The van der Waals surface area contributed by atoms with Crippen LogP contribution in [0.3, 0.4) is 0 Å². The van der Waals surface area contributed by atoms with Gasteiger partial charge in [0.2, 0.25) is 0 Å². The van der Waals surface area contributed by atoms with Gasteiger partial charge in [0, 0.05) is 6.54 Å². The normalized spacial score (nSPS) is 10.8. The number of nitrogens with two attached hydrogens (primary N) is 1. The van der Waals surface area contributed by atoms with E-state index in [1.807, 2.05) is 0 Å². The van der Waals surface area contributed by atoms with Gasteiger partial charge < -0.3 is 15.6 Å². The summed E-state index contributed by atoms with van der Waals surface area (Å²) in [5, 5.41) is 17.5. The number of alkyl halides is 3. The molecule has 0 aromatic heterocycles. The van der Waals surface area contributed by atoms with E-state index >= 15 is 0 Å². The maximum Gasteiger partial charge on any atom is 0.573 e. The van der Waals surface area contributed by atoms with E-state index in [0.29, 0.717) is 6.07 Å². The second-order valence-corrected chi connectivity index (χ2v) is 3.18. The number of carboxylic acids is 1. The molecule has 1 rings (SSSR count). The Kier molecular flexibility index (Phi) is 3.78. The van der Waals surface area contributed by atoms with Crippen LogP contribution in [0, 0.1) is 11.3 Å². The molecule has 0 heterocycles. The number of benzene rings is 1. The number of carboxylic acid groups (broad SMARTS) is 1. The molecule has 0 aliphatic carbocycles. The second-order valence-electron chi connectivity index (χ2n) is 3.18. The molecule has 0 saturated carbocycles. The van der Waals surface area contributed by atoms with E-state index in [4.69, 9.17) is 16.1 Å². The predicted octanol–water partition coefficient (Wildman–Crippen LogP) is 1.61. The van der Waals surface area contributed by atoms with Gasteiger partial charge in [0.25, 0.3) is 0 Å². The molecule has 1 aromatic rings. The van der Waals surface area contributed by atoms with Crippen LogP contribution in [-0.4, -0.2) is 17.4 Å². The summed E-state index contributed by atoms with van der Waals surface area (Å²) in [6.45, 7) is -0.328. The lowest BCUT2D eigenvalue weighted by Crippen LogP contribution is -2.20. The topological polar surface area (TPSA) is 96.3 Å². The van der Waals surface area contributed by atoms with Crippen molar-refractivity contribution < 1.29 is 27.8 Å². The Labute approximate surface area is 99.2 Å². The van der Waals surface area contributed by atoms with E-state index < -0.39 is 23.6 Å². The fourth-order valence-corrected chi connectivity index (χ4v) is 1.35. The molecule has 0 saturated heterocycles. The first-order valence-corrected chi connectivity index (χ1v) is 4.54. The van der Waals surface area contributed by atoms with E-state index in [9.17, 15) is 18.0 Å². The van der Waals surface area contributed by atoms with Crippen LogP contribution in [0.4, 0.5) is 13.2 Å². The van der Waals surface area contributed by atoms with Gasteiger partial charge in [0.05, 0.1) is 11.6 Å². The average Bonchev–Trinajstić information content (AvgIpc) is 2.25. The maximum absolute atomic E-state index is 12.1. The van der Waals surface area contributed by atoms with Crippen molar-refractivity contribution in [2.45, 2.75) is 12.9 Å². The summed E-state index contributed by atoms with van der Waals surface area (Å²) in [5.74, 6) is -2.56. The van der Waals surface area contributed by atoms with Crippen molar-refractivity contribution in [3.05, 3.63) is 28.8 Å². The molecule has 18 heavy (non-hydrogen) atoms. The Morgan fingerprint density at radius 3 is 2.50 bits per heavy atom. The van der Waals surface area contributed by atoms with Gasteiger partial charge in [0.1, 0.15) is 11.3 Å². The Balaban J connectivity index is 3.45. The van der Waals surface area contributed by atoms with Crippen LogP contribution in [0.5, 0.6) is 5.75 Å². The number of ether oxygens (including phenoxy) is 1. The summed E-state index contributed by atoms with van der Waals surface area (Å²) < 4.78 is 40.0. The van der Waals surface area contributed by atoms with Gasteiger partial charge >= 0.3 is 12.3 Å². The third kappa shape index (κ3) is 3.11. The number of hydrogen-bond donors (Lipinski definition) is 2. The molecule has 0 aliphatic rings. The van der Waals surface area contributed by atoms with Crippen molar-refractivity contribution in [1.82, 2.24) is 0 Å². The lowest BCUT2D eigenvalue weighted by molar-refractivity contribution is -0.274. The van der Waals surface area contributed by atoms with Gasteiger partial charge in [-0.25, -0.2) is 4.79 Å². The summed E-state index contributed by atoms with van der Waals surface area (Å²) in [6, 6.07) is 3.41. The first-order chi connectivity index (χ1) is 8.28. The molecule has 0 fully saturated rings. The quantitative estimate of drug-likeness (QED) is 0.860. The third-order valence-electron chi connectivity index (χ3n) is 1.97. The van der Waals surface area contributed by atoms with Crippen LogP contribution >= 0.6 is 0 Å². The molecule has 0 unspecified atom stereocenters. The number of hydrogen-bond acceptors (Lipinski definition) is 4. The molecular weight excluding hydrogens is 253 g/mol. The Morgan fingerprint density at radius 2 is 2.11 bits per heavy atom. The van der Waals surface area contributed by atoms with Gasteiger partial charge in [-0.1, -0.05) is 0 Å². The second kappa shape index (κ2) is 4.93. The van der Waals surface area contributed by atoms with Crippen molar-refractivity contribution in [2.24, 2.45) is 5.73 Å². The standard InChI is InChI=1S/C10H7F3N2O3/c11-10(12,13)18-7-2-5(3-14)1-6(4-15)8(7)9(16)17/h1-2H,4,15H2,(H,16,17). The molecule has 1 aromatic carbocycles. The number of carbonyl (C=O) groups is 1. The van der Waals surface area contributed by atoms with E-state index in [2.05, 4.69) is 4.74 Å². The van der Waals surface area contributed by atoms with Crippen LogP contribution in [0.25, 0.3) is 0 Å². The zero-order valence-electron chi connectivity index (χ0n) is 8.78. The lowest BCUT2D eigenvalue weighted by atomic mass is 10.0. The highest BCUT2D eigenvalue weighted by Gasteiger charge is 2.34. The predicted molar refractivity (Wildman–Crippen MR) is 52.7 cm³/mol. The highest BCUT2D eigenvalue weighted by atomic mass is 19.4. The molecule has 0 atom stereocenters. The van der Waals surface area contributed by atoms with Gasteiger partial charge in [0.15, 0.2) is 0 Å². The van der Waals surface area contributed by atoms with Gasteiger partial charge in [-0.3, -0.25) is 0 Å². The number of rotatable bonds is 3. The molecule has 0 amide bonds. The van der Waals surface area contributed by atoms with Crippen LogP contribution in [0.2, 0.25) is 0 Å². The van der Waals surface area contributed by atoms with Crippen LogP contribution in [0.15, 0.2) is 12.1 Å². The van der Waals surface area contributed by atoms with Gasteiger partial charge in [-0.05, 0) is 17.7 Å². The molecule has 3 N–H and O–H groups in total. The molecule has 0 spiro atoms. The number of aromatic carboxylic acids is 1. The summed E-state index contributed by atoms with van der Waals surface area (Å²) >= 11 is 0. The first-order valence-electron chi connectivity index (χ1n) is 4.54. The van der Waals surface area contributed by atoms with Crippen molar-refractivity contribution in [2.75, 3.05) is 0 Å². The number of nitriles is 1. The molecule has 5 nitrogen and oxygen atoms in total. The largest absolute Gasteiger partial charge is 0.573 e. The van der Waals surface area contributed by atoms with Crippen molar-refractivity contribution in [3.63, 3.8) is 0 Å². The fraction of sp³-hybridized carbons (Fsp3) is 0.200. The minimum absolute atomic E-state index is 0.110. The minimum atomic E-state index is -5.05. The third-order valence-corrected chi connectivity index (χ3v) is 1.97. The maximum atomic E-state index is 12.1. The highest BCUT2D eigenvalue weighted by molar-refractivity contribution is 5.93. The van der Waals surface area contributed by atoms with Crippen molar-refractivity contribution >= 4 is 5.97 Å². The number of halogens is 3. The summed E-state index contributed by atoms with van der Waals surface area (Å²) in [7, 11) is 0. The van der Waals surface area contributed by atoms with Gasteiger partial charge in [-0.15, -0.1) is 13.2 Å². The van der Waals surface area contributed by atoms with E-state index in [1.54, 1.807) is 6.07 Å². The van der Waals surface area contributed by atoms with Gasteiger partial charge in [-0.2, -0.15) is 5.26 Å².